The molecule has 0 aliphatic heterocycles. The summed E-state index contributed by atoms with van der Waals surface area (Å²) >= 11 is 0. The van der Waals surface area contributed by atoms with Crippen molar-refractivity contribution in [2.24, 2.45) is 17.8 Å². The van der Waals surface area contributed by atoms with E-state index in [1.165, 1.54) is 31.2 Å². The Balaban J connectivity index is 1.62. The molecular formula is C18H25NO. The third kappa shape index (κ3) is 2.74. The van der Waals surface area contributed by atoms with Crippen LogP contribution in [0.3, 0.4) is 0 Å². The highest BCUT2D eigenvalue weighted by Crippen LogP contribution is 2.49. The zero-order valence-corrected chi connectivity index (χ0v) is 12.6. The number of fused-ring (bicyclic) bond motifs is 2. The molecule has 0 saturated heterocycles. The van der Waals surface area contributed by atoms with E-state index in [-0.39, 0.29) is 5.91 Å². The fourth-order valence-corrected chi connectivity index (χ4v) is 4.18. The number of carbonyl (C=O) groups excluding carboxylic acids is 1. The van der Waals surface area contributed by atoms with E-state index in [0.29, 0.717) is 18.3 Å². The molecule has 20 heavy (non-hydrogen) atoms. The second-order valence-corrected chi connectivity index (χ2v) is 6.93. The van der Waals surface area contributed by atoms with Crippen LogP contribution in [0.2, 0.25) is 0 Å². The molecule has 2 nitrogen and oxygen atoms in total. The molecule has 1 aromatic rings. The van der Waals surface area contributed by atoms with Crippen LogP contribution in [-0.4, -0.2) is 5.91 Å². The van der Waals surface area contributed by atoms with Crippen LogP contribution in [0, 0.1) is 17.8 Å². The molecule has 2 heteroatoms. The minimum Gasteiger partial charge on any atom is -0.326 e. The van der Waals surface area contributed by atoms with E-state index in [2.05, 4.69) is 25.2 Å². The highest BCUT2D eigenvalue weighted by Gasteiger charge is 2.40. The van der Waals surface area contributed by atoms with Crippen LogP contribution in [0.4, 0.5) is 5.69 Å². The molecule has 0 radical (unpaired) electrons. The van der Waals surface area contributed by atoms with Gasteiger partial charge in [-0.05, 0) is 54.6 Å². The van der Waals surface area contributed by atoms with Gasteiger partial charge in [0, 0.05) is 12.1 Å². The molecular weight excluding hydrogens is 246 g/mol. The van der Waals surface area contributed by atoms with Crippen molar-refractivity contribution in [2.75, 3.05) is 5.32 Å². The first-order valence-corrected chi connectivity index (χ1v) is 8.02. The van der Waals surface area contributed by atoms with Gasteiger partial charge in [0.05, 0.1) is 0 Å². The zero-order chi connectivity index (χ0) is 14.1. The first-order chi connectivity index (χ1) is 9.63. The number of nitrogens with one attached hydrogen (secondary N) is 1. The molecule has 1 N–H and O–H groups in total. The van der Waals surface area contributed by atoms with Gasteiger partial charge in [-0.1, -0.05) is 38.5 Å². The van der Waals surface area contributed by atoms with Gasteiger partial charge in [-0.3, -0.25) is 4.79 Å². The number of hydrogen-bond donors (Lipinski definition) is 1. The Bertz CT molecular complexity index is 494. The Morgan fingerprint density at radius 2 is 2.05 bits per heavy atom. The minimum atomic E-state index is 0.204. The van der Waals surface area contributed by atoms with Gasteiger partial charge in [-0.2, -0.15) is 0 Å². The van der Waals surface area contributed by atoms with Crippen molar-refractivity contribution in [3.8, 4) is 0 Å². The molecule has 108 valence electrons. The Hall–Kier alpha value is -1.31. The van der Waals surface area contributed by atoms with E-state index in [1.807, 2.05) is 18.2 Å². The fraction of sp³-hybridized carbons (Fsp3) is 0.611. The summed E-state index contributed by atoms with van der Waals surface area (Å²) in [4.78, 5) is 12.3. The summed E-state index contributed by atoms with van der Waals surface area (Å²) in [6, 6.07) is 8.17. The lowest BCUT2D eigenvalue weighted by atomic mass is 9.86. The number of benzene rings is 1. The van der Waals surface area contributed by atoms with Crippen molar-refractivity contribution in [1.29, 1.82) is 0 Å². The summed E-state index contributed by atoms with van der Waals surface area (Å²) < 4.78 is 0. The molecule has 1 amide bonds. The molecule has 2 aliphatic rings. The summed E-state index contributed by atoms with van der Waals surface area (Å²) in [5, 5.41) is 3.14. The smallest absolute Gasteiger partial charge is 0.224 e. The summed E-state index contributed by atoms with van der Waals surface area (Å²) in [5.74, 6) is 3.02. The summed E-state index contributed by atoms with van der Waals surface area (Å²) in [5.41, 5.74) is 2.23. The van der Waals surface area contributed by atoms with Crippen molar-refractivity contribution in [3.63, 3.8) is 0 Å². The van der Waals surface area contributed by atoms with Gasteiger partial charge in [-0.25, -0.2) is 0 Å². The second kappa shape index (κ2) is 5.59. The van der Waals surface area contributed by atoms with E-state index >= 15 is 0 Å². The summed E-state index contributed by atoms with van der Waals surface area (Å²) in [6.45, 7) is 4.34. The molecule has 2 bridgehead atoms. The normalized spacial score (nSPS) is 28.1. The van der Waals surface area contributed by atoms with Crippen molar-refractivity contribution in [1.82, 2.24) is 0 Å². The van der Waals surface area contributed by atoms with Crippen molar-refractivity contribution in [2.45, 2.75) is 51.9 Å². The standard InChI is InChI=1S/C18H25NO/c1-12(2)16-5-3-4-6-17(16)19-18(20)11-15-10-13-7-8-14(15)9-13/h3-6,12-15H,7-11H2,1-2H3,(H,19,20)/t13-,14+,15+/m0/s1. The fourth-order valence-electron chi connectivity index (χ4n) is 4.18. The molecule has 2 saturated carbocycles. The largest absolute Gasteiger partial charge is 0.326 e. The molecule has 2 aliphatic carbocycles. The highest BCUT2D eigenvalue weighted by molar-refractivity contribution is 5.91. The van der Waals surface area contributed by atoms with E-state index in [4.69, 9.17) is 0 Å². The molecule has 0 unspecified atom stereocenters. The van der Waals surface area contributed by atoms with Gasteiger partial charge in [0.1, 0.15) is 0 Å². The number of carbonyl (C=O) groups is 1. The Morgan fingerprint density at radius 1 is 1.25 bits per heavy atom. The van der Waals surface area contributed by atoms with E-state index in [0.717, 1.165) is 17.5 Å². The molecule has 0 aromatic heterocycles. The van der Waals surface area contributed by atoms with Crippen LogP contribution in [0.25, 0.3) is 0 Å². The van der Waals surface area contributed by atoms with E-state index < -0.39 is 0 Å². The van der Waals surface area contributed by atoms with Crippen molar-refractivity contribution >= 4 is 11.6 Å². The number of hydrogen-bond acceptors (Lipinski definition) is 1. The van der Waals surface area contributed by atoms with Crippen LogP contribution < -0.4 is 5.32 Å². The maximum Gasteiger partial charge on any atom is 0.224 e. The van der Waals surface area contributed by atoms with Crippen LogP contribution in [-0.2, 0) is 4.79 Å². The number of rotatable bonds is 4. The van der Waals surface area contributed by atoms with E-state index in [9.17, 15) is 4.79 Å². The summed E-state index contributed by atoms with van der Waals surface area (Å²) in [6.07, 6.45) is 6.13. The van der Waals surface area contributed by atoms with E-state index in [1.54, 1.807) is 0 Å². The summed E-state index contributed by atoms with van der Waals surface area (Å²) in [7, 11) is 0. The Kier molecular flexibility index (Phi) is 3.82. The minimum absolute atomic E-state index is 0.204. The first-order valence-electron chi connectivity index (χ1n) is 8.02. The van der Waals surface area contributed by atoms with Gasteiger partial charge in [0.25, 0.3) is 0 Å². The van der Waals surface area contributed by atoms with Gasteiger partial charge < -0.3 is 5.32 Å². The predicted molar refractivity (Wildman–Crippen MR) is 82.7 cm³/mol. The Morgan fingerprint density at radius 3 is 2.70 bits per heavy atom. The third-order valence-corrected chi connectivity index (χ3v) is 5.19. The average molecular weight is 271 g/mol. The number of para-hydroxylation sites is 1. The monoisotopic (exact) mass is 271 g/mol. The molecule has 0 heterocycles. The predicted octanol–water partition coefficient (Wildman–Crippen LogP) is 4.57. The quantitative estimate of drug-likeness (QED) is 0.853. The van der Waals surface area contributed by atoms with Gasteiger partial charge in [0.2, 0.25) is 5.91 Å². The van der Waals surface area contributed by atoms with Crippen molar-refractivity contribution in [3.05, 3.63) is 29.8 Å². The molecule has 0 spiro atoms. The van der Waals surface area contributed by atoms with Crippen LogP contribution in [0.5, 0.6) is 0 Å². The lowest BCUT2D eigenvalue weighted by molar-refractivity contribution is -0.117. The number of amides is 1. The van der Waals surface area contributed by atoms with Gasteiger partial charge in [-0.15, -0.1) is 0 Å². The van der Waals surface area contributed by atoms with Crippen LogP contribution >= 0.6 is 0 Å². The maximum atomic E-state index is 12.3. The number of anilines is 1. The SMILES string of the molecule is CC(C)c1ccccc1NC(=O)C[C@H]1C[C@H]2CC[C@@H]1C2. The van der Waals surface area contributed by atoms with Gasteiger partial charge in [0.15, 0.2) is 0 Å². The lowest BCUT2D eigenvalue weighted by Crippen LogP contribution is -2.20. The lowest BCUT2D eigenvalue weighted by Gasteiger charge is -2.21. The highest BCUT2D eigenvalue weighted by atomic mass is 16.1. The maximum absolute atomic E-state index is 12.3. The molecule has 2 fully saturated rings. The first kappa shape index (κ1) is 13.7. The zero-order valence-electron chi connectivity index (χ0n) is 12.6. The molecule has 3 rings (SSSR count). The Labute approximate surface area is 122 Å². The second-order valence-electron chi connectivity index (χ2n) is 6.93. The topological polar surface area (TPSA) is 29.1 Å². The molecule has 3 atom stereocenters. The average Bonchev–Trinajstić information content (AvgIpc) is 3.01. The third-order valence-electron chi connectivity index (χ3n) is 5.19. The molecule has 1 aromatic carbocycles. The van der Waals surface area contributed by atoms with Crippen LogP contribution in [0.1, 0.15) is 57.4 Å². The van der Waals surface area contributed by atoms with Crippen LogP contribution in [0.15, 0.2) is 24.3 Å². The van der Waals surface area contributed by atoms with Gasteiger partial charge >= 0.3 is 0 Å². The van der Waals surface area contributed by atoms with Crippen molar-refractivity contribution < 1.29 is 4.79 Å².